The Labute approximate surface area is 121 Å². The molecule has 2 N–H and O–H groups in total. The number of likely N-dealkylation sites (N-methyl/N-ethyl adjacent to an activating group) is 1. The first-order valence-corrected chi connectivity index (χ1v) is 7.17. The van der Waals surface area contributed by atoms with Crippen LogP contribution in [-0.2, 0) is 6.54 Å². The van der Waals surface area contributed by atoms with Crippen molar-refractivity contribution in [3.8, 4) is 0 Å². The number of aliphatic hydroxyl groups excluding tert-OH is 1. The Bertz CT molecular complexity index is 394. The smallest absolute Gasteiger partial charge is 0.0686 e. The van der Waals surface area contributed by atoms with Crippen LogP contribution in [0.3, 0.4) is 0 Å². The topological polar surface area (TPSA) is 35.5 Å². The first-order chi connectivity index (χ1) is 8.91. The summed E-state index contributed by atoms with van der Waals surface area (Å²) >= 11 is 6.30. The largest absolute Gasteiger partial charge is 0.392 e. The molecule has 0 amide bonds. The second-order valence-electron chi connectivity index (χ2n) is 5.50. The van der Waals surface area contributed by atoms with E-state index < -0.39 is 0 Å². The van der Waals surface area contributed by atoms with Gasteiger partial charge in [-0.25, -0.2) is 0 Å². The highest BCUT2D eigenvalue weighted by molar-refractivity contribution is 6.33. The van der Waals surface area contributed by atoms with Gasteiger partial charge in [0.2, 0.25) is 0 Å². The molecule has 0 heterocycles. The molecule has 1 aromatic carbocycles. The number of nitrogens with zero attached hydrogens (tertiary/aromatic N) is 1. The van der Waals surface area contributed by atoms with E-state index in [2.05, 4.69) is 25.2 Å². The average molecular weight is 285 g/mol. The number of aliphatic hydroxyl groups is 1. The third kappa shape index (κ3) is 5.39. The zero-order valence-electron chi connectivity index (χ0n) is 12.3. The molecule has 0 fully saturated rings. The van der Waals surface area contributed by atoms with Crippen LogP contribution in [-0.4, -0.2) is 31.3 Å². The Morgan fingerprint density at radius 1 is 1.32 bits per heavy atom. The van der Waals surface area contributed by atoms with E-state index in [4.69, 9.17) is 11.6 Å². The highest BCUT2D eigenvalue weighted by Crippen LogP contribution is 2.29. The summed E-state index contributed by atoms with van der Waals surface area (Å²) in [5, 5.41) is 13.7. The van der Waals surface area contributed by atoms with Crippen LogP contribution >= 0.6 is 11.6 Å². The van der Waals surface area contributed by atoms with E-state index in [1.807, 2.05) is 24.1 Å². The molecule has 1 rings (SSSR count). The summed E-state index contributed by atoms with van der Waals surface area (Å²) in [7, 11) is 1.96. The van der Waals surface area contributed by atoms with Crippen LogP contribution in [0.15, 0.2) is 18.2 Å². The molecule has 19 heavy (non-hydrogen) atoms. The molecule has 3 nitrogen and oxygen atoms in total. The summed E-state index contributed by atoms with van der Waals surface area (Å²) in [6.45, 7) is 8.49. The van der Waals surface area contributed by atoms with Gasteiger partial charge in [-0.1, -0.05) is 37.6 Å². The van der Waals surface area contributed by atoms with Crippen molar-refractivity contribution >= 4 is 17.3 Å². The van der Waals surface area contributed by atoms with E-state index in [-0.39, 0.29) is 6.10 Å². The van der Waals surface area contributed by atoms with E-state index in [1.54, 1.807) is 6.92 Å². The number of hydrogen-bond donors (Lipinski definition) is 2. The Morgan fingerprint density at radius 3 is 2.58 bits per heavy atom. The van der Waals surface area contributed by atoms with Gasteiger partial charge in [-0.2, -0.15) is 0 Å². The number of halogens is 1. The van der Waals surface area contributed by atoms with Gasteiger partial charge in [0.15, 0.2) is 0 Å². The molecule has 4 heteroatoms. The van der Waals surface area contributed by atoms with Crippen LogP contribution in [0.5, 0.6) is 0 Å². The first-order valence-electron chi connectivity index (χ1n) is 6.79. The first kappa shape index (κ1) is 16.3. The van der Waals surface area contributed by atoms with Crippen molar-refractivity contribution in [2.24, 2.45) is 5.92 Å². The molecule has 1 atom stereocenters. The summed E-state index contributed by atoms with van der Waals surface area (Å²) in [6.07, 6.45) is -0.377. The van der Waals surface area contributed by atoms with E-state index in [0.29, 0.717) is 12.5 Å². The predicted molar refractivity (Wildman–Crippen MR) is 82.9 cm³/mol. The third-order valence-corrected chi connectivity index (χ3v) is 3.16. The van der Waals surface area contributed by atoms with Gasteiger partial charge in [0.1, 0.15) is 0 Å². The molecule has 0 aromatic heterocycles. The molecule has 0 aliphatic rings. The quantitative estimate of drug-likeness (QED) is 0.808. The van der Waals surface area contributed by atoms with Gasteiger partial charge in [-0.3, -0.25) is 0 Å². The van der Waals surface area contributed by atoms with Crippen LogP contribution in [0.2, 0.25) is 5.02 Å². The zero-order chi connectivity index (χ0) is 14.4. The minimum Gasteiger partial charge on any atom is -0.392 e. The van der Waals surface area contributed by atoms with Crippen molar-refractivity contribution in [1.29, 1.82) is 0 Å². The van der Waals surface area contributed by atoms with Gasteiger partial charge in [-0.05, 0) is 31.0 Å². The Morgan fingerprint density at radius 2 is 2.00 bits per heavy atom. The highest BCUT2D eigenvalue weighted by Gasteiger charge is 2.13. The molecule has 1 unspecified atom stereocenters. The number of benzene rings is 1. The second kappa shape index (κ2) is 7.73. The summed E-state index contributed by atoms with van der Waals surface area (Å²) in [5.41, 5.74) is 2.16. The van der Waals surface area contributed by atoms with E-state index in [1.165, 1.54) is 0 Å². The average Bonchev–Trinajstić information content (AvgIpc) is 2.27. The molecule has 0 aliphatic heterocycles. The normalized spacial score (nSPS) is 12.8. The SMILES string of the molecule is CC(C)CNCc1cccc(Cl)c1N(C)CC(C)O. The van der Waals surface area contributed by atoms with Gasteiger partial charge in [0.25, 0.3) is 0 Å². The van der Waals surface area contributed by atoms with Crippen molar-refractivity contribution in [2.45, 2.75) is 33.4 Å². The summed E-state index contributed by atoms with van der Waals surface area (Å²) < 4.78 is 0. The highest BCUT2D eigenvalue weighted by atomic mass is 35.5. The third-order valence-electron chi connectivity index (χ3n) is 2.86. The van der Waals surface area contributed by atoms with Crippen molar-refractivity contribution in [3.63, 3.8) is 0 Å². The van der Waals surface area contributed by atoms with Crippen molar-refractivity contribution in [2.75, 3.05) is 25.0 Å². The van der Waals surface area contributed by atoms with Crippen LogP contribution in [0.1, 0.15) is 26.3 Å². The fourth-order valence-electron chi connectivity index (χ4n) is 2.11. The monoisotopic (exact) mass is 284 g/mol. The van der Waals surface area contributed by atoms with Gasteiger partial charge in [-0.15, -0.1) is 0 Å². The maximum absolute atomic E-state index is 9.51. The number of anilines is 1. The summed E-state index contributed by atoms with van der Waals surface area (Å²) in [4.78, 5) is 2.01. The molecule has 0 radical (unpaired) electrons. The molecule has 0 saturated heterocycles. The van der Waals surface area contributed by atoms with E-state index in [9.17, 15) is 5.11 Å². The van der Waals surface area contributed by atoms with Gasteiger partial charge in [0.05, 0.1) is 16.8 Å². The van der Waals surface area contributed by atoms with Gasteiger partial charge < -0.3 is 15.3 Å². The molecular weight excluding hydrogens is 260 g/mol. The Balaban J connectivity index is 2.82. The van der Waals surface area contributed by atoms with Gasteiger partial charge >= 0.3 is 0 Å². The summed E-state index contributed by atoms with van der Waals surface area (Å²) in [6, 6.07) is 5.93. The van der Waals surface area contributed by atoms with Crippen molar-refractivity contribution < 1.29 is 5.11 Å². The lowest BCUT2D eigenvalue weighted by atomic mass is 10.1. The lowest BCUT2D eigenvalue weighted by Crippen LogP contribution is -2.29. The van der Waals surface area contributed by atoms with Crippen LogP contribution in [0.4, 0.5) is 5.69 Å². The molecule has 0 saturated carbocycles. The van der Waals surface area contributed by atoms with E-state index in [0.717, 1.165) is 29.4 Å². The molecule has 108 valence electrons. The van der Waals surface area contributed by atoms with Crippen LogP contribution in [0, 0.1) is 5.92 Å². The van der Waals surface area contributed by atoms with Crippen molar-refractivity contribution in [3.05, 3.63) is 28.8 Å². The summed E-state index contributed by atoms with van der Waals surface area (Å²) in [5.74, 6) is 0.623. The standard InChI is InChI=1S/C15H25ClN2O/c1-11(2)8-17-9-13-6-5-7-14(16)15(13)18(4)10-12(3)19/h5-7,11-12,17,19H,8-10H2,1-4H3. The number of nitrogens with one attached hydrogen (secondary N) is 1. The minimum atomic E-state index is -0.377. The zero-order valence-corrected chi connectivity index (χ0v) is 13.0. The van der Waals surface area contributed by atoms with Gasteiger partial charge in [0, 0.05) is 20.1 Å². The molecule has 0 bridgehead atoms. The maximum atomic E-state index is 9.51. The van der Waals surface area contributed by atoms with Crippen LogP contribution in [0.25, 0.3) is 0 Å². The lowest BCUT2D eigenvalue weighted by Gasteiger charge is -2.25. The van der Waals surface area contributed by atoms with E-state index >= 15 is 0 Å². The second-order valence-corrected chi connectivity index (χ2v) is 5.91. The molecule has 1 aromatic rings. The minimum absolute atomic E-state index is 0.377. The fourth-order valence-corrected chi connectivity index (χ4v) is 2.45. The number of rotatable bonds is 7. The number of hydrogen-bond acceptors (Lipinski definition) is 3. The molecule has 0 spiro atoms. The predicted octanol–water partition coefficient (Wildman–Crippen LogP) is 2.90. The molecular formula is C15H25ClN2O. The Hall–Kier alpha value is -0.770. The Kier molecular flexibility index (Phi) is 6.63. The lowest BCUT2D eigenvalue weighted by molar-refractivity contribution is 0.201. The fraction of sp³-hybridized carbons (Fsp3) is 0.600. The molecule has 0 aliphatic carbocycles. The maximum Gasteiger partial charge on any atom is 0.0686 e. The number of para-hydroxylation sites is 1. The van der Waals surface area contributed by atoms with Crippen LogP contribution < -0.4 is 10.2 Å². The van der Waals surface area contributed by atoms with Crippen molar-refractivity contribution in [1.82, 2.24) is 5.32 Å².